The first-order valence-electron chi connectivity index (χ1n) is 7.81. The Morgan fingerprint density at radius 3 is 2.52 bits per heavy atom. The average Bonchev–Trinajstić information content (AvgIpc) is 2.82. The molecular weight excluding hydrogens is 347 g/mol. The van der Waals surface area contributed by atoms with Crippen molar-refractivity contribution in [2.24, 2.45) is 0 Å². The van der Waals surface area contributed by atoms with E-state index in [1.807, 2.05) is 32.3 Å². The zero-order chi connectivity index (χ0) is 18.7. The normalized spacial score (nSPS) is 10.8. The smallest absolute Gasteiger partial charge is 0.340 e. The van der Waals surface area contributed by atoms with Gasteiger partial charge in [-0.2, -0.15) is 0 Å². The number of carbonyl (C=O) groups is 2. The maximum atomic E-state index is 13.0. The van der Waals surface area contributed by atoms with Gasteiger partial charge in [-0.3, -0.25) is 4.79 Å². The quantitative estimate of drug-likeness (QED) is 0.804. The van der Waals surface area contributed by atoms with Crippen LogP contribution in [0.3, 0.4) is 0 Å². The van der Waals surface area contributed by atoms with Gasteiger partial charge >= 0.3 is 5.97 Å². The van der Waals surface area contributed by atoms with Crippen LogP contribution < -0.4 is 5.32 Å². The summed E-state index contributed by atoms with van der Waals surface area (Å²) in [6.07, 6.45) is 0. The largest absolute Gasteiger partial charge is 0.452 e. The van der Waals surface area contributed by atoms with Crippen molar-refractivity contribution in [3.8, 4) is 0 Å². The Kier molecular flexibility index (Phi) is 5.85. The maximum absolute atomic E-state index is 13.0. The van der Waals surface area contributed by atoms with Gasteiger partial charge in [-0.05, 0) is 52.0 Å². The maximum Gasteiger partial charge on any atom is 0.340 e. The fourth-order valence-electron chi connectivity index (χ4n) is 2.76. The summed E-state index contributed by atoms with van der Waals surface area (Å²) in [6.45, 7) is 7.33. The summed E-state index contributed by atoms with van der Waals surface area (Å²) >= 11 is 5.84. The molecule has 0 aliphatic carbocycles. The summed E-state index contributed by atoms with van der Waals surface area (Å²) in [4.78, 5) is 24.1. The highest BCUT2D eigenvalue weighted by molar-refractivity contribution is 6.33. The fourth-order valence-corrected chi connectivity index (χ4v) is 2.98. The van der Waals surface area contributed by atoms with Crippen LogP contribution in [0.1, 0.15) is 41.6 Å². The summed E-state index contributed by atoms with van der Waals surface area (Å²) in [5.74, 6) is -1.63. The van der Waals surface area contributed by atoms with E-state index in [1.54, 1.807) is 6.07 Å². The summed E-state index contributed by atoms with van der Waals surface area (Å²) in [7, 11) is 0. The molecule has 0 fully saturated rings. The van der Waals surface area contributed by atoms with Crippen LogP contribution in [0.4, 0.5) is 10.1 Å². The van der Waals surface area contributed by atoms with Crippen molar-refractivity contribution in [2.75, 3.05) is 11.9 Å². The molecule has 1 aromatic carbocycles. The van der Waals surface area contributed by atoms with Gasteiger partial charge in [0.1, 0.15) is 5.82 Å². The van der Waals surface area contributed by atoms with Gasteiger partial charge < -0.3 is 14.6 Å². The average molecular weight is 367 g/mol. The predicted octanol–water partition coefficient (Wildman–Crippen LogP) is 4.27. The molecule has 0 aliphatic rings. The second-order valence-electron chi connectivity index (χ2n) is 6.00. The number of hydrogen-bond donors (Lipinski definition) is 1. The van der Waals surface area contributed by atoms with Crippen molar-refractivity contribution in [3.63, 3.8) is 0 Å². The number of aromatic nitrogens is 1. The summed E-state index contributed by atoms with van der Waals surface area (Å²) in [6, 6.07) is 5.56. The number of ether oxygens (including phenoxy) is 1. The van der Waals surface area contributed by atoms with Gasteiger partial charge in [0, 0.05) is 17.4 Å². The van der Waals surface area contributed by atoms with E-state index < -0.39 is 24.3 Å². The van der Waals surface area contributed by atoms with E-state index in [-0.39, 0.29) is 16.8 Å². The topological polar surface area (TPSA) is 60.3 Å². The highest BCUT2D eigenvalue weighted by Gasteiger charge is 2.19. The second kappa shape index (κ2) is 7.70. The number of rotatable bonds is 5. The third kappa shape index (κ3) is 4.39. The Hall–Kier alpha value is -2.34. The van der Waals surface area contributed by atoms with Crippen molar-refractivity contribution in [2.45, 2.75) is 33.7 Å². The molecule has 134 valence electrons. The van der Waals surface area contributed by atoms with E-state index in [2.05, 4.69) is 5.32 Å². The highest BCUT2D eigenvalue weighted by Crippen LogP contribution is 2.23. The van der Waals surface area contributed by atoms with E-state index in [9.17, 15) is 14.0 Å². The van der Waals surface area contributed by atoms with Gasteiger partial charge in [-0.25, -0.2) is 9.18 Å². The zero-order valence-corrected chi connectivity index (χ0v) is 15.3. The third-order valence-corrected chi connectivity index (χ3v) is 4.07. The van der Waals surface area contributed by atoms with Gasteiger partial charge in [0.2, 0.25) is 0 Å². The molecule has 0 radical (unpaired) electrons. The SMILES string of the molecule is Cc1cc(C(=O)OCC(=O)Nc2ccc(F)cc2Cl)c(C)n1C(C)C. The van der Waals surface area contributed by atoms with Crippen LogP contribution >= 0.6 is 11.6 Å². The van der Waals surface area contributed by atoms with E-state index in [1.165, 1.54) is 12.1 Å². The minimum Gasteiger partial charge on any atom is -0.452 e. The molecule has 0 spiro atoms. The number of aryl methyl sites for hydroxylation is 1. The van der Waals surface area contributed by atoms with Crippen LogP contribution in [-0.2, 0) is 9.53 Å². The zero-order valence-electron chi connectivity index (χ0n) is 14.5. The monoisotopic (exact) mass is 366 g/mol. The Bertz CT molecular complexity index is 815. The molecule has 1 heterocycles. The molecule has 1 N–H and O–H groups in total. The number of benzene rings is 1. The molecule has 0 bridgehead atoms. The molecule has 0 saturated heterocycles. The first-order chi connectivity index (χ1) is 11.7. The van der Waals surface area contributed by atoms with Crippen LogP contribution in [0.2, 0.25) is 5.02 Å². The molecule has 0 atom stereocenters. The first kappa shape index (κ1) is 19.0. The van der Waals surface area contributed by atoms with Gasteiger partial charge in [0.25, 0.3) is 5.91 Å². The first-order valence-corrected chi connectivity index (χ1v) is 8.19. The Labute approximate surface area is 150 Å². The van der Waals surface area contributed by atoms with Crippen LogP contribution in [0, 0.1) is 19.7 Å². The fraction of sp³-hybridized carbons (Fsp3) is 0.333. The van der Waals surface area contributed by atoms with Gasteiger partial charge in [0.05, 0.1) is 16.3 Å². The molecule has 2 rings (SSSR count). The molecule has 0 aliphatic heterocycles. The number of carbonyl (C=O) groups excluding carboxylic acids is 2. The molecule has 0 saturated carbocycles. The third-order valence-electron chi connectivity index (χ3n) is 3.76. The summed E-state index contributed by atoms with van der Waals surface area (Å²) in [5, 5.41) is 2.54. The van der Waals surface area contributed by atoms with Crippen LogP contribution in [0.15, 0.2) is 24.3 Å². The lowest BCUT2D eigenvalue weighted by atomic mass is 10.2. The van der Waals surface area contributed by atoms with Crippen LogP contribution in [0.25, 0.3) is 0 Å². The minimum atomic E-state index is -0.569. The Morgan fingerprint density at radius 2 is 1.96 bits per heavy atom. The predicted molar refractivity (Wildman–Crippen MR) is 94.6 cm³/mol. The summed E-state index contributed by atoms with van der Waals surface area (Å²) < 4.78 is 20.1. The van der Waals surface area contributed by atoms with E-state index in [4.69, 9.17) is 16.3 Å². The molecular formula is C18H20ClFN2O3. The van der Waals surface area contributed by atoms with E-state index in [0.717, 1.165) is 17.5 Å². The Balaban J connectivity index is 2.00. The Morgan fingerprint density at radius 1 is 1.28 bits per heavy atom. The van der Waals surface area contributed by atoms with Crippen molar-refractivity contribution in [1.82, 2.24) is 4.57 Å². The van der Waals surface area contributed by atoms with Crippen LogP contribution in [0.5, 0.6) is 0 Å². The van der Waals surface area contributed by atoms with Gasteiger partial charge in [0.15, 0.2) is 6.61 Å². The number of nitrogens with zero attached hydrogens (tertiary/aromatic N) is 1. The van der Waals surface area contributed by atoms with E-state index in [0.29, 0.717) is 5.56 Å². The number of nitrogens with one attached hydrogen (secondary N) is 1. The van der Waals surface area contributed by atoms with Crippen molar-refractivity contribution >= 4 is 29.2 Å². The van der Waals surface area contributed by atoms with Crippen molar-refractivity contribution in [1.29, 1.82) is 0 Å². The lowest BCUT2D eigenvalue weighted by Gasteiger charge is -2.13. The molecule has 1 amide bonds. The van der Waals surface area contributed by atoms with Gasteiger partial charge in [-0.1, -0.05) is 11.6 Å². The number of anilines is 1. The number of amides is 1. The lowest BCUT2D eigenvalue weighted by molar-refractivity contribution is -0.119. The van der Waals surface area contributed by atoms with Gasteiger partial charge in [-0.15, -0.1) is 0 Å². The van der Waals surface area contributed by atoms with E-state index >= 15 is 0 Å². The lowest BCUT2D eigenvalue weighted by Crippen LogP contribution is -2.21. The van der Waals surface area contributed by atoms with Crippen molar-refractivity contribution in [3.05, 3.63) is 52.1 Å². The summed E-state index contributed by atoms with van der Waals surface area (Å²) in [5.41, 5.74) is 2.42. The minimum absolute atomic E-state index is 0.0696. The standard InChI is InChI=1S/C18H20ClFN2O3/c1-10(2)22-11(3)7-14(12(22)4)18(24)25-9-17(23)21-16-6-5-13(20)8-15(16)19/h5-8,10H,9H2,1-4H3,(H,21,23). The molecule has 1 aromatic heterocycles. The van der Waals surface area contributed by atoms with Crippen LogP contribution in [-0.4, -0.2) is 23.1 Å². The molecule has 7 heteroatoms. The molecule has 0 unspecified atom stereocenters. The second-order valence-corrected chi connectivity index (χ2v) is 6.40. The highest BCUT2D eigenvalue weighted by atomic mass is 35.5. The number of hydrogen-bond acceptors (Lipinski definition) is 3. The molecule has 5 nitrogen and oxygen atoms in total. The number of esters is 1. The molecule has 25 heavy (non-hydrogen) atoms. The molecule has 2 aromatic rings. The van der Waals surface area contributed by atoms with Crippen molar-refractivity contribution < 1.29 is 18.7 Å². The number of halogens is 2.